The van der Waals surface area contributed by atoms with Crippen LogP contribution in [0.5, 0.6) is 0 Å². The first-order valence-corrected chi connectivity index (χ1v) is 13.2. The Morgan fingerprint density at radius 1 is 1.00 bits per heavy atom. The van der Waals surface area contributed by atoms with Crippen LogP contribution in [0, 0.1) is 5.82 Å². The zero-order valence-corrected chi connectivity index (χ0v) is 21.9. The first kappa shape index (κ1) is 26.7. The zero-order chi connectivity index (χ0) is 27.4. The molecule has 1 saturated heterocycles. The van der Waals surface area contributed by atoms with Gasteiger partial charge in [-0.25, -0.2) is 14.4 Å². The summed E-state index contributed by atoms with van der Waals surface area (Å²) in [6, 6.07) is 18.8. The fourth-order valence-corrected chi connectivity index (χ4v) is 4.83. The molecule has 1 fully saturated rings. The average molecular weight is 548 g/mol. The van der Waals surface area contributed by atoms with Crippen LogP contribution in [-0.2, 0) is 16.0 Å². The van der Waals surface area contributed by atoms with Crippen LogP contribution in [0.2, 0.25) is 5.02 Å². The second kappa shape index (κ2) is 11.9. The Hall–Kier alpha value is -3.88. The summed E-state index contributed by atoms with van der Waals surface area (Å²) in [6.07, 6.45) is 1.48. The van der Waals surface area contributed by atoms with Gasteiger partial charge in [-0.15, -0.1) is 0 Å². The molecular weight excluding hydrogens is 521 g/mol. The minimum absolute atomic E-state index is 0.0917. The number of rotatable bonds is 8. The summed E-state index contributed by atoms with van der Waals surface area (Å²) < 4.78 is 19.2. The van der Waals surface area contributed by atoms with E-state index in [1.165, 1.54) is 12.1 Å². The average Bonchev–Trinajstić information content (AvgIpc) is 2.95. The van der Waals surface area contributed by atoms with E-state index in [1.54, 1.807) is 47.4 Å². The number of benzene rings is 3. The SMILES string of the molecule is O=C(O)CCCCc1nc2cc(C(=O)N3CCO[C@@H](c4ccc(F)cc4)C3)ccc2nc1-c1ccc(Cl)cc1. The minimum Gasteiger partial charge on any atom is -0.481 e. The van der Waals surface area contributed by atoms with E-state index in [0.717, 1.165) is 16.8 Å². The topological polar surface area (TPSA) is 92.6 Å². The summed E-state index contributed by atoms with van der Waals surface area (Å²) in [7, 11) is 0. The molecule has 1 aliphatic rings. The van der Waals surface area contributed by atoms with Gasteiger partial charge in [-0.05, 0) is 67.3 Å². The highest BCUT2D eigenvalue weighted by molar-refractivity contribution is 6.30. The molecule has 7 nitrogen and oxygen atoms in total. The van der Waals surface area contributed by atoms with E-state index in [2.05, 4.69) is 0 Å². The summed E-state index contributed by atoms with van der Waals surface area (Å²) in [5.74, 6) is -1.29. The lowest BCUT2D eigenvalue weighted by atomic mass is 10.0. The molecule has 0 unspecified atom stereocenters. The minimum atomic E-state index is -0.828. The first-order chi connectivity index (χ1) is 18.9. The van der Waals surface area contributed by atoms with Crippen LogP contribution in [0.25, 0.3) is 22.3 Å². The maximum absolute atomic E-state index is 13.4. The Labute approximate surface area is 230 Å². The summed E-state index contributed by atoms with van der Waals surface area (Å²) in [5.41, 5.74) is 4.87. The number of aliphatic carboxylic acids is 1. The molecule has 1 aliphatic heterocycles. The number of aromatic nitrogens is 2. The van der Waals surface area contributed by atoms with Crippen molar-refractivity contribution in [2.24, 2.45) is 0 Å². The highest BCUT2D eigenvalue weighted by Gasteiger charge is 2.26. The van der Waals surface area contributed by atoms with Gasteiger partial charge in [0.2, 0.25) is 0 Å². The number of unbranched alkanes of at least 4 members (excludes halogenated alkanes) is 1. The number of carbonyl (C=O) groups is 2. The summed E-state index contributed by atoms with van der Waals surface area (Å²) in [5, 5.41) is 9.61. The number of morpholine rings is 1. The largest absolute Gasteiger partial charge is 0.481 e. The maximum Gasteiger partial charge on any atom is 0.303 e. The molecule has 9 heteroatoms. The van der Waals surface area contributed by atoms with Crippen LogP contribution in [0.1, 0.15) is 47.0 Å². The van der Waals surface area contributed by atoms with Crippen LogP contribution in [0.4, 0.5) is 4.39 Å². The van der Waals surface area contributed by atoms with E-state index < -0.39 is 5.97 Å². The third-order valence-corrected chi connectivity index (χ3v) is 7.00. The number of hydrogen-bond donors (Lipinski definition) is 1. The smallest absolute Gasteiger partial charge is 0.303 e. The Morgan fingerprint density at radius 3 is 2.51 bits per heavy atom. The molecule has 1 amide bonds. The Kier molecular flexibility index (Phi) is 8.14. The number of carboxylic acids is 1. The molecule has 0 spiro atoms. The van der Waals surface area contributed by atoms with Gasteiger partial charge in [0.25, 0.3) is 5.91 Å². The number of nitrogens with zero attached hydrogens (tertiary/aromatic N) is 3. The van der Waals surface area contributed by atoms with Gasteiger partial charge in [0.05, 0.1) is 35.6 Å². The molecule has 4 aromatic rings. The monoisotopic (exact) mass is 547 g/mol. The van der Waals surface area contributed by atoms with Gasteiger partial charge < -0.3 is 14.7 Å². The van der Waals surface area contributed by atoms with Gasteiger partial charge in [0.15, 0.2) is 0 Å². The molecule has 3 aromatic carbocycles. The van der Waals surface area contributed by atoms with Crippen LogP contribution in [-0.4, -0.2) is 51.5 Å². The third-order valence-electron chi connectivity index (χ3n) is 6.75. The van der Waals surface area contributed by atoms with Crippen molar-refractivity contribution in [3.05, 3.63) is 94.4 Å². The highest BCUT2D eigenvalue weighted by Crippen LogP contribution is 2.28. The summed E-state index contributed by atoms with van der Waals surface area (Å²) in [4.78, 5) is 35.9. The van der Waals surface area contributed by atoms with Crippen LogP contribution >= 0.6 is 11.6 Å². The maximum atomic E-state index is 13.4. The predicted octanol–water partition coefficient (Wildman–Crippen LogP) is 6.10. The summed E-state index contributed by atoms with van der Waals surface area (Å²) >= 11 is 6.08. The standard InChI is InChI=1S/C30H27ClFN3O4/c31-22-10-5-20(6-11-22)29-25(3-1-2-4-28(36)37)33-26-17-21(9-14-24(26)34-29)30(38)35-15-16-39-27(18-35)19-7-12-23(32)13-8-19/h5-14,17,27H,1-4,15-16,18H2,(H,36,37)/t27-/m1/s1. The molecule has 5 rings (SSSR count). The molecular formula is C30H27ClFN3O4. The molecule has 1 N–H and O–H groups in total. The number of halogens is 2. The second-order valence-corrected chi connectivity index (χ2v) is 9.93. The predicted molar refractivity (Wildman–Crippen MR) is 146 cm³/mol. The van der Waals surface area contributed by atoms with Crippen molar-refractivity contribution in [2.45, 2.75) is 31.8 Å². The van der Waals surface area contributed by atoms with Gasteiger partial charge in [-0.2, -0.15) is 0 Å². The van der Waals surface area contributed by atoms with E-state index in [0.29, 0.717) is 66.3 Å². The molecule has 1 aromatic heterocycles. The van der Waals surface area contributed by atoms with E-state index in [-0.39, 0.29) is 24.2 Å². The van der Waals surface area contributed by atoms with E-state index in [4.69, 9.17) is 31.4 Å². The van der Waals surface area contributed by atoms with Crippen molar-refractivity contribution in [1.29, 1.82) is 0 Å². The number of carbonyl (C=O) groups excluding carboxylic acids is 1. The summed E-state index contributed by atoms with van der Waals surface area (Å²) in [6.45, 7) is 1.19. The fourth-order valence-electron chi connectivity index (χ4n) is 4.70. The van der Waals surface area contributed by atoms with Crippen molar-refractivity contribution in [3.8, 4) is 11.3 Å². The van der Waals surface area contributed by atoms with Gasteiger partial charge in [0.1, 0.15) is 11.9 Å². The lowest BCUT2D eigenvalue weighted by Gasteiger charge is -2.33. The quantitative estimate of drug-likeness (QED) is 0.268. The van der Waals surface area contributed by atoms with Crippen molar-refractivity contribution in [1.82, 2.24) is 14.9 Å². The van der Waals surface area contributed by atoms with Crippen molar-refractivity contribution >= 4 is 34.5 Å². The molecule has 1 atom stereocenters. The van der Waals surface area contributed by atoms with Gasteiger partial charge >= 0.3 is 5.97 Å². The lowest BCUT2D eigenvalue weighted by molar-refractivity contribution is -0.137. The van der Waals surface area contributed by atoms with E-state index in [9.17, 15) is 14.0 Å². The number of aryl methyl sites for hydroxylation is 1. The van der Waals surface area contributed by atoms with Gasteiger partial charge in [-0.1, -0.05) is 35.9 Å². The molecule has 0 aliphatic carbocycles. The lowest BCUT2D eigenvalue weighted by Crippen LogP contribution is -2.42. The fraction of sp³-hybridized carbons (Fsp3) is 0.267. The third kappa shape index (κ3) is 6.41. The molecule has 39 heavy (non-hydrogen) atoms. The second-order valence-electron chi connectivity index (χ2n) is 9.49. The number of ether oxygens (including phenoxy) is 1. The molecule has 200 valence electrons. The zero-order valence-electron chi connectivity index (χ0n) is 21.1. The number of hydrogen-bond acceptors (Lipinski definition) is 5. The number of carboxylic acid groups (broad SMARTS) is 1. The Morgan fingerprint density at radius 2 is 1.77 bits per heavy atom. The normalized spacial score (nSPS) is 15.4. The highest BCUT2D eigenvalue weighted by atomic mass is 35.5. The van der Waals surface area contributed by atoms with E-state index in [1.807, 2.05) is 12.1 Å². The van der Waals surface area contributed by atoms with Crippen LogP contribution < -0.4 is 0 Å². The Bertz CT molecular complexity index is 1500. The number of fused-ring (bicyclic) bond motifs is 1. The first-order valence-electron chi connectivity index (χ1n) is 12.8. The van der Waals surface area contributed by atoms with Gasteiger partial charge in [-0.3, -0.25) is 9.59 Å². The molecule has 0 saturated carbocycles. The molecule has 0 bridgehead atoms. The van der Waals surface area contributed by atoms with Crippen LogP contribution in [0.3, 0.4) is 0 Å². The van der Waals surface area contributed by atoms with Crippen molar-refractivity contribution < 1.29 is 23.8 Å². The molecule has 2 heterocycles. The van der Waals surface area contributed by atoms with Crippen molar-refractivity contribution in [3.63, 3.8) is 0 Å². The Balaban J connectivity index is 1.41. The molecule has 0 radical (unpaired) electrons. The van der Waals surface area contributed by atoms with Crippen molar-refractivity contribution in [2.75, 3.05) is 19.7 Å². The number of amides is 1. The van der Waals surface area contributed by atoms with E-state index >= 15 is 0 Å². The van der Waals surface area contributed by atoms with Gasteiger partial charge in [0, 0.05) is 29.1 Å². The van der Waals surface area contributed by atoms with Crippen LogP contribution in [0.15, 0.2) is 66.7 Å².